The zero-order valence-corrected chi connectivity index (χ0v) is 9.44. The summed E-state index contributed by atoms with van der Waals surface area (Å²) in [6.07, 6.45) is 6.02. The molecule has 1 aliphatic carbocycles. The van der Waals surface area contributed by atoms with Gasteiger partial charge < -0.3 is 0 Å². The zero-order valence-electron chi connectivity index (χ0n) is 7.28. The fraction of sp³-hybridized carbons (Fsp3) is 1.00. The van der Waals surface area contributed by atoms with Gasteiger partial charge in [0, 0.05) is 0 Å². The summed E-state index contributed by atoms with van der Waals surface area (Å²) in [5, 5.41) is 0. The van der Waals surface area contributed by atoms with E-state index in [0.717, 1.165) is 9.34 Å². The summed E-state index contributed by atoms with van der Waals surface area (Å²) in [4.78, 5) is 2.43. The Labute approximate surface area is 75.0 Å². The first kappa shape index (κ1) is 8.82. The summed E-state index contributed by atoms with van der Waals surface area (Å²) in [7, 11) is 0. The Morgan fingerprint density at radius 2 is 1.70 bits per heavy atom. The van der Waals surface area contributed by atoms with Crippen molar-refractivity contribution in [1.29, 1.82) is 0 Å². The van der Waals surface area contributed by atoms with Crippen LogP contribution in [0.5, 0.6) is 0 Å². The second-order valence-corrected chi connectivity index (χ2v) is 7.59. The van der Waals surface area contributed by atoms with Crippen LogP contribution in [0.4, 0.5) is 0 Å². The van der Waals surface area contributed by atoms with Crippen molar-refractivity contribution in [2.24, 2.45) is 5.92 Å². The topological polar surface area (TPSA) is 0 Å². The van der Waals surface area contributed by atoms with Gasteiger partial charge in [-0.2, -0.15) is 0 Å². The van der Waals surface area contributed by atoms with Crippen LogP contribution in [0.3, 0.4) is 0 Å². The van der Waals surface area contributed by atoms with Crippen LogP contribution in [-0.2, 0) is 0 Å². The van der Waals surface area contributed by atoms with Gasteiger partial charge in [-0.05, 0) is 0 Å². The van der Waals surface area contributed by atoms with Gasteiger partial charge in [0.15, 0.2) is 0 Å². The van der Waals surface area contributed by atoms with Crippen molar-refractivity contribution >= 4 is 0 Å². The molecule has 0 aromatic carbocycles. The summed E-state index contributed by atoms with van der Waals surface area (Å²) in [6, 6.07) is 0. The Hall–Kier alpha value is 0.730. The van der Waals surface area contributed by atoms with E-state index in [9.17, 15) is 0 Å². The van der Waals surface area contributed by atoms with Crippen LogP contribution in [0.25, 0.3) is 0 Å². The predicted octanol–water partition coefficient (Wildman–Crippen LogP) is -0.326. The molecule has 0 atom stereocenters. The molecule has 1 heteroatoms. The van der Waals surface area contributed by atoms with E-state index in [-0.39, 0.29) is 0 Å². The van der Waals surface area contributed by atoms with Crippen molar-refractivity contribution in [2.45, 2.75) is 43.0 Å². The summed E-state index contributed by atoms with van der Waals surface area (Å²) in [5.41, 5.74) is 0. The van der Waals surface area contributed by atoms with E-state index in [1.54, 1.807) is 0 Å². The first-order valence-corrected chi connectivity index (χ1v) is 7.41. The van der Waals surface area contributed by atoms with E-state index < -0.39 is 0 Å². The molecule has 0 spiro atoms. The molecule has 62 valence electrons. The maximum absolute atomic E-state index is 2.47. The normalized spacial score (nSPS) is 22.3. The van der Waals surface area contributed by atoms with Crippen molar-refractivity contribution in [1.82, 2.24) is 0 Å². The van der Waals surface area contributed by atoms with Crippen LogP contribution in [0.2, 0.25) is 0 Å². The summed E-state index contributed by atoms with van der Waals surface area (Å²) in [5.74, 6) is 1.07. The molecule has 0 heterocycles. The van der Waals surface area contributed by atoms with Crippen LogP contribution in [0.1, 0.15) is 39.5 Å². The van der Waals surface area contributed by atoms with Gasteiger partial charge in [0.05, 0.1) is 0 Å². The van der Waals surface area contributed by atoms with Gasteiger partial charge in [0.2, 0.25) is 0 Å². The predicted molar refractivity (Wildman–Crippen MR) is 42.0 cm³/mol. The molecule has 0 unspecified atom stereocenters. The molecule has 0 N–H and O–H groups in total. The molecule has 0 aromatic rings. The van der Waals surface area contributed by atoms with Gasteiger partial charge in [-0.3, -0.25) is 0 Å². The minimum atomic E-state index is 0.448. The zero-order chi connectivity index (χ0) is 7.61. The van der Waals surface area contributed by atoms with Crippen LogP contribution in [0, 0.1) is 5.92 Å². The summed E-state index contributed by atoms with van der Waals surface area (Å²) < 4.78 is 0.732. The Kier molecular flexibility index (Phi) is 3.02. The third kappa shape index (κ3) is 1.86. The second-order valence-electron chi connectivity index (χ2n) is 3.73. The number of rotatable bonds is 2. The fourth-order valence-electron chi connectivity index (χ4n) is 1.77. The van der Waals surface area contributed by atoms with Gasteiger partial charge in [-0.1, -0.05) is 0 Å². The van der Waals surface area contributed by atoms with Crippen molar-refractivity contribution in [3.8, 4) is 0 Å². The van der Waals surface area contributed by atoms with Crippen LogP contribution in [-0.4, -0.2) is 8.35 Å². The van der Waals surface area contributed by atoms with Crippen LogP contribution >= 0.6 is 0 Å². The third-order valence-corrected chi connectivity index (χ3v) is 6.47. The first-order valence-electron chi connectivity index (χ1n) is 4.17. The van der Waals surface area contributed by atoms with Gasteiger partial charge in [-0.25, -0.2) is 0 Å². The van der Waals surface area contributed by atoms with Gasteiger partial charge in [0.1, 0.15) is 0 Å². The molecule has 0 saturated heterocycles. The quantitative estimate of drug-likeness (QED) is 0.467. The molecule has 1 fully saturated rings. The minimum absolute atomic E-state index is 0.448. The van der Waals surface area contributed by atoms with E-state index in [1.807, 2.05) is 0 Å². The Morgan fingerprint density at radius 3 is 2.10 bits per heavy atom. The Balaban J connectivity index is 2.45. The molecular weight excluding hydrogens is 235 g/mol. The number of alkyl halides is 2. The second kappa shape index (κ2) is 3.42. The van der Waals surface area contributed by atoms with Crippen LogP contribution in [0.15, 0.2) is 0 Å². The molecule has 10 heavy (non-hydrogen) atoms. The van der Waals surface area contributed by atoms with Crippen LogP contribution < -0.4 is 21.2 Å². The molecule has 0 aromatic heterocycles. The molecule has 0 bridgehead atoms. The molecule has 0 radical (unpaired) electrons. The average molecular weight is 253 g/mol. The van der Waals surface area contributed by atoms with E-state index in [4.69, 9.17) is 0 Å². The average Bonchev–Trinajstić information content (AvgIpc) is 2.38. The standard InChI is InChI=1S/C9H18I/c1-9(2,10-3)8-6-4-5-7-8/h8H,4-7H2,1-3H3/q-1. The molecule has 0 aliphatic heterocycles. The monoisotopic (exact) mass is 253 g/mol. The van der Waals surface area contributed by atoms with Crippen molar-refractivity contribution in [3.63, 3.8) is 0 Å². The fourth-order valence-corrected chi connectivity index (χ4v) is 3.27. The molecule has 0 nitrogen and oxygen atoms in total. The van der Waals surface area contributed by atoms with Crippen molar-refractivity contribution in [3.05, 3.63) is 0 Å². The molecule has 0 amide bonds. The van der Waals surface area contributed by atoms with Gasteiger partial charge in [0.25, 0.3) is 0 Å². The van der Waals surface area contributed by atoms with Gasteiger partial charge >= 0.3 is 75.0 Å². The molecule has 1 saturated carbocycles. The van der Waals surface area contributed by atoms with Gasteiger partial charge in [-0.15, -0.1) is 0 Å². The number of hydrogen-bond donors (Lipinski definition) is 0. The van der Waals surface area contributed by atoms with E-state index in [2.05, 4.69) is 18.8 Å². The molecular formula is C9H18I-. The van der Waals surface area contributed by atoms with E-state index >= 15 is 0 Å². The third-order valence-electron chi connectivity index (χ3n) is 2.81. The SMILES string of the molecule is C[I-]C(C)(C)C1CCCC1. The summed E-state index contributed by atoms with van der Waals surface area (Å²) >= 11 is 0.448. The maximum atomic E-state index is 2.47. The van der Waals surface area contributed by atoms with Crippen molar-refractivity contribution in [2.75, 3.05) is 4.93 Å². The van der Waals surface area contributed by atoms with Crippen molar-refractivity contribution < 1.29 is 21.2 Å². The molecule has 1 rings (SSSR count). The Bertz CT molecular complexity index is 101. The first-order chi connectivity index (χ1) is 4.67. The molecule has 1 aliphatic rings. The number of halogens is 1. The van der Waals surface area contributed by atoms with E-state index in [0.29, 0.717) is 21.2 Å². The summed E-state index contributed by atoms with van der Waals surface area (Å²) in [6.45, 7) is 4.94. The van der Waals surface area contributed by atoms with E-state index in [1.165, 1.54) is 25.7 Å². The Morgan fingerprint density at radius 1 is 1.20 bits per heavy atom. The number of hydrogen-bond acceptors (Lipinski definition) is 0.